The number of nitrogens with zero attached hydrogens (tertiary/aromatic N) is 5. The maximum absolute atomic E-state index is 12.1. The molecule has 2 aromatic rings. The van der Waals surface area contributed by atoms with Crippen LogP contribution in [0.1, 0.15) is 28.3 Å². The summed E-state index contributed by atoms with van der Waals surface area (Å²) in [6.45, 7) is 4.54. The van der Waals surface area contributed by atoms with Crippen molar-refractivity contribution in [2.45, 2.75) is 26.8 Å². The van der Waals surface area contributed by atoms with Crippen LogP contribution in [0.25, 0.3) is 0 Å². The standard InChI is InChI=1S/C13H18N6O3/c1-9-5-7-15-18(9)8-4-6-14-13(20)12-11(19(21)22)10(2)16-17(12)3/h5,7H,4,6,8H2,1-3H3,(H,14,20). The van der Waals surface area contributed by atoms with Gasteiger partial charge in [0.1, 0.15) is 5.69 Å². The van der Waals surface area contributed by atoms with Crippen molar-refractivity contribution in [1.29, 1.82) is 0 Å². The van der Waals surface area contributed by atoms with Crippen molar-refractivity contribution in [2.75, 3.05) is 6.54 Å². The number of amides is 1. The van der Waals surface area contributed by atoms with Crippen LogP contribution in [-0.2, 0) is 13.6 Å². The van der Waals surface area contributed by atoms with E-state index in [1.54, 1.807) is 6.20 Å². The number of hydrogen-bond acceptors (Lipinski definition) is 5. The molecule has 0 unspecified atom stereocenters. The minimum absolute atomic E-state index is 0.0298. The molecule has 0 aliphatic carbocycles. The van der Waals surface area contributed by atoms with Gasteiger partial charge in [0.15, 0.2) is 0 Å². The van der Waals surface area contributed by atoms with Gasteiger partial charge in [-0.25, -0.2) is 0 Å². The first kappa shape index (κ1) is 15.7. The van der Waals surface area contributed by atoms with E-state index in [4.69, 9.17) is 0 Å². The van der Waals surface area contributed by atoms with Gasteiger partial charge in [-0.2, -0.15) is 10.2 Å². The Labute approximate surface area is 127 Å². The molecule has 0 bridgehead atoms. The van der Waals surface area contributed by atoms with Gasteiger partial charge in [-0.1, -0.05) is 0 Å². The Morgan fingerprint density at radius 1 is 1.45 bits per heavy atom. The first-order valence-electron chi connectivity index (χ1n) is 6.86. The number of aryl methyl sites for hydroxylation is 4. The molecule has 0 fully saturated rings. The zero-order valence-corrected chi connectivity index (χ0v) is 12.7. The maximum Gasteiger partial charge on any atom is 0.322 e. The summed E-state index contributed by atoms with van der Waals surface area (Å²) < 4.78 is 3.07. The van der Waals surface area contributed by atoms with E-state index in [9.17, 15) is 14.9 Å². The van der Waals surface area contributed by atoms with Crippen molar-refractivity contribution < 1.29 is 9.72 Å². The van der Waals surface area contributed by atoms with E-state index in [-0.39, 0.29) is 17.1 Å². The average molecular weight is 306 g/mol. The third-order valence-electron chi connectivity index (χ3n) is 3.35. The monoisotopic (exact) mass is 306 g/mol. The summed E-state index contributed by atoms with van der Waals surface area (Å²) in [6, 6.07) is 1.90. The lowest BCUT2D eigenvalue weighted by molar-refractivity contribution is -0.385. The molecule has 1 amide bonds. The van der Waals surface area contributed by atoms with Gasteiger partial charge in [0.2, 0.25) is 5.69 Å². The molecular formula is C13H18N6O3. The van der Waals surface area contributed by atoms with E-state index in [1.165, 1.54) is 18.7 Å². The SMILES string of the molecule is Cc1nn(C)c(C(=O)NCCCn2nccc2C)c1[N+](=O)[O-]. The van der Waals surface area contributed by atoms with Crippen molar-refractivity contribution in [3.05, 3.63) is 39.5 Å². The van der Waals surface area contributed by atoms with Crippen LogP contribution in [0.5, 0.6) is 0 Å². The van der Waals surface area contributed by atoms with Crippen molar-refractivity contribution in [3.8, 4) is 0 Å². The van der Waals surface area contributed by atoms with Crippen LogP contribution in [0.2, 0.25) is 0 Å². The van der Waals surface area contributed by atoms with Gasteiger partial charge in [0.25, 0.3) is 5.91 Å². The molecule has 0 saturated heterocycles. The van der Waals surface area contributed by atoms with E-state index in [1.807, 2.05) is 17.7 Å². The highest BCUT2D eigenvalue weighted by molar-refractivity contribution is 5.96. The molecule has 1 N–H and O–H groups in total. The summed E-state index contributed by atoms with van der Waals surface area (Å²) in [5.74, 6) is -0.494. The molecular weight excluding hydrogens is 288 g/mol. The van der Waals surface area contributed by atoms with E-state index >= 15 is 0 Å². The van der Waals surface area contributed by atoms with Gasteiger partial charge in [0, 0.05) is 32.0 Å². The number of aromatic nitrogens is 4. The first-order valence-corrected chi connectivity index (χ1v) is 6.86. The Kier molecular flexibility index (Phi) is 4.54. The van der Waals surface area contributed by atoms with E-state index in [0.717, 1.165) is 5.69 Å². The number of carbonyl (C=O) groups is 1. The third-order valence-corrected chi connectivity index (χ3v) is 3.35. The molecule has 2 rings (SSSR count). The van der Waals surface area contributed by atoms with Crippen LogP contribution in [0.3, 0.4) is 0 Å². The predicted octanol–water partition coefficient (Wildman–Crippen LogP) is 0.962. The second-order valence-electron chi connectivity index (χ2n) is 4.97. The van der Waals surface area contributed by atoms with Crippen LogP contribution < -0.4 is 5.32 Å². The van der Waals surface area contributed by atoms with Gasteiger partial charge in [-0.15, -0.1) is 0 Å². The molecule has 9 heteroatoms. The molecule has 118 valence electrons. The normalized spacial score (nSPS) is 10.7. The van der Waals surface area contributed by atoms with Crippen LogP contribution in [0.4, 0.5) is 5.69 Å². The van der Waals surface area contributed by atoms with Crippen LogP contribution in [0.15, 0.2) is 12.3 Å². The van der Waals surface area contributed by atoms with E-state index < -0.39 is 10.8 Å². The average Bonchev–Trinajstić information content (AvgIpc) is 2.97. The lowest BCUT2D eigenvalue weighted by atomic mass is 10.3. The van der Waals surface area contributed by atoms with Crippen LogP contribution in [0, 0.1) is 24.0 Å². The van der Waals surface area contributed by atoms with Crippen molar-refractivity contribution in [1.82, 2.24) is 24.9 Å². The van der Waals surface area contributed by atoms with Gasteiger partial charge < -0.3 is 5.32 Å². The summed E-state index contributed by atoms with van der Waals surface area (Å²) >= 11 is 0. The van der Waals surface area contributed by atoms with Gasteiger partial charge in [-0.05, 0) is 26.3 Å². The number of rotatable bonds is 6. The first-order chi connectivity index (χ1) is 10.4. The second kappa shape index (κ2) is 6.37. The molecule has 22 heavy (non-hydrogen) atoms. The highest BCUT2D eigenvalue weighted by Gasteiger charge is 2.28. The molecule has 0 aliphatic heterocycles. The fraction of sp³-hybridized carbons (Fsp3) is 0.462. The third kappa shape index (κ3) is 3.13. The Balaban J connectivity index is 1.96. The van der Waals surface area contributed by atoms with Crippen molar-refractivity contribution in [3.63, 3.8) is 0 Å². The minimum Gasteiger partial charge on any atom is -0.350 e. The maximum atomic E-state index is 12.1. The summed E-state index contributed by atoms with van der Waals surface area (Å²) in [7, 11) is 1.52. The Hall–Kier alpha value is -2.71. The van der Waals surface area contributed by atoms with Gasteiger partial charge in [-0.3, -0.25) is 24.3 Å². The van der Waals surface area contributed by atoms with Crippen LogP contribution in [-0.4, -0.2) is 36.9 Å². The minimum atomic E-state index is -0.579. The van der Waals surface area contributed by atoms with Gasteiger partial charge in [0.05, 0.1) is 4.92 Å². The Morgan fingerprint density at radius 3 is 2.77 bits per heavy atom. The van der Waals surface area contributed by atoms with E-state index in [0.29, 0.717) is 19.5 Å². The highest BCUT2D eigenvalue weighted by atomic mass is 16.6. The molecule has 0 spiro atoms. The smallest absolute Gasteiger partial charge is 0.322 e. The van der Waals surface area contributed by atoms with Crippen molar-refractivity contribution >= 4 is 11.6 Å². The second-order valence-corrected chi connectivity index (χ2v) is 4.97. The van der Waals surface area contributed by atoms with Crippen LogP contribution >= 0.6 is 0 Å². The number of nitrogens with one attached hydrogen (secondary N) is 1. The molecule has 0 aromatic carbocycles. The number of hydrogen-bond donors (Lipinski definition) is 1. The molecule has 9 nitrogen and oxygen atoms in total. The molecule has 0 saturated carbocycles. The number of carbonyl (C=O) groups excluding carboxylic acids is 1. The molecule has 0 aliphatic rings. The van der Waals surface area contributed by atoms with Gasteiger partial charge >= 0.3 is 5.69 Å². The lowest BCUT2D eigenvalue weighted by Crippen LogP contribution is -2.28. The fourth-order valence-electron chi connectivity index (χ4n) is 2.27. The summed E-state index contributed by atoms with van der Waals surface area (Å²) in [4.78, 5) is 22.6. The molecule has 0 radical (unpaired) electrons. The fourth-order valence-corrected chi connectivity index (χ4v) is 2.27. The number of nitro groups is 1. The summed E-state index contributed by atoms with van der Waals surface area (Å²) in [5.41, 5.74) is 0.995. The zero-order valence-electron chi connectivity index (χ0n) is 12.7. The van der Waals surface area contributed by atoms with E-state index in [2.05, 4.69) is 15.5 Å². The predicted molar refractivity (Wildman–Crippen MR) is 78.5 cm³/mol. The molecule has 0 atom stereocenters. The summed E-state index contributed by atoms with van der Waals surface area (Å²) in [6.07, 6.45) is 2.40. The Bertz CT molecular complexity index is 703. The highest BCUT2D eigenvalue weighted by Crippen LogP contribution is 2.21. The topological polar surface area (TPSA) is 108 Å². The molecule has 2 heterocycles. The zero-order chi connectivity index (χ0) is 16.3. The largest absolute Gasteiger partial charge is 0.350 e. The van der Waals surface area contributed by atoms with Crippen molar-refractivity contribution in [2.24, 2.45) is 7.05 Å². The molecule has 2 aromatic heterocycles. The Morgan fingerprint density at radius 2 is 2.18 bits per heavy atom. The lowest BCUT2D eigenvalue weighted by Gasteiger charge is -2.06. The quantitative estimate of drug-likeness (QED) is 0.486. The summed E-state index contributed by atoms with van der Waals surface area (Å²) in [5, 5.41) is 21.8.